The van der Waals surface area contributed by atoms with E-state index in [0.717, 1.165) is 46.1 Å². The molecule has 7 nitrogen and oxygen atoms in total. The van der Waals surface area contributed by atoms with Gasteiger partial charge in [-0.1, -0.05) is 48.5 Å². The van der Waals surface area contributed by atoms with Gasteiger partial charge in [0.15, 0.2) is 17.5 Å². The number of aromatic nitrogens is 2. The SMILES string of the molecule is CCOc1ccc([C@H]2c3c(C)nn(-c4ccccc4)c3N=C3C(Nc4cccc(C(F)(F)F)c4)=Nc4ccccc4N32)cc1. The van der Waals surface area contributed by atoms with E-state index in [1.54, 1.807) is 10.7 Å². The van der Waals surface area contributed by atoms with Crippen molar-refractivity contribution in [3.8, 4) is 11.4 Å². The molecular formula is C34H27F3N6O. The van der Waals surface area contributed by atoms with Gasteiger partial charge in [-0.15, -0.1) is 0 Å². The van der Waals surface area contributed by atoms with Crippen molar-refractivity contribution >= 4 is 34.6 Å². The van der Waals surface area contributed by atoms with Crippen LogP contribution in [0.2, 0.25) is 0 Å². The Morgan fingerprint density at radius 2 is 1.61 bits per heavy atom. The Morgan fingerprint density at radius 1 is 0.864 bits per heavy atom. The highest BCUT2D eigenvalue weighted by Crippen LogP contribution is 2.48. The van der Waals surface area contributed by atoms with Crippen LogP contribution in [0.4, 0.5) is 36.1 Å². The summed E-state index contributed by atoms with van der Waals surface area (Å²) in [5.74, 6) is 2.16. The lowest BCUT2D eigenvalue weighted by molar-refractivity contribution is -0.137. The van der Waals surface area contributed by atoms with Crippen LogP contribution < -0.4 is 15.0 Å². The van der Waals surface area contributed by atoms with Gasteiger partial charge in [-0.2, -0.15) is 18.3 Å². The third-order valence-corrected chi connectivity index (χ3v) is 7.60. The predicted octanol–water partition coefficient (Wildman–Crippen LogP) is 8.39. The summed E-state index contributed by atoms with van der Waals surface area (Å²) >= 11 is 0. The molecule has 0 radical (unpaired) electrons. The van der Waals surface area contributed by atoms with E-state index in [1.807, 2.05) is 92.7 Å². The lowest BCUT2D eigenvalue weighted by Gasteiger charge is -2.40. The van der Waals surface area contributed by atoms with E-state index >= 15 is 0 Å². The Morgan fingerprint density at radius 3 is 2.36 bits per heavy atom. The van der Waals surface area contributed by atoms with Gasteiger partial charge in [0.05, 0.1) is 41.0 Å². The third kappa shape index (κ3) is 4.78. The van der Waals surface area contributed by atoms with E-state index in [4.69, 9.17) is 19.8 Å². The number of amidine groups is 2. The minimum absolute atomic E-state index is 0.247. The Balaban J connectivity index is 1.45. The van der Waals surface area contributed by atoms with Gasteiger partial charge in [-0.3, -0.25) is 0 Å². The van der Waals surface area contributed by atoms with Crippen molar-refractivity contribution in [2.24, 2.45) is 9.98 Å². The smallest absolute Gasteiger partial charge is 0.416 e. The zero-order valence-electron chi connectivity index (χ0n) is 23.9. The van der Waals surface area contributed by atoms with Crippen LogP contribution >= 0.6 is 0 Å². The second-order valence-electron chi connectivity index (χ2n) is 10.4. The molecule has 0 aliphatic carbocycles. The second-order valence-corrected chi connectivity index (χ2v) is 10.4. The fraction of sp³-hybridized carbons (Fsp3) is 0.147. The molecule has 0 spiro atoms. The number of aliphatic imine (C=N–C) groups is 2. The summed E-state index contributed by atoms with van der Waals surface area (Å²) in [5, 5.41) is 8.08. The van der Waals surface area contributed by atoms with E-state index < -0.39 is 11.7 Å². The maximum Gasteiger partial charge on any atom is 0.416 e. The molecule has 0 unspecified atom stereocenters. The summed E-state index contributed by atoms with van der Waals surface area (Å²) in [6, 6.07) is 30.0. The number of nitrogens with zero attached hydrogens (tertiary/aromatic N) is 5. The number of anilines is 2. The van der Waals surface area contributed by atoms with Crippen molar-refractivity contribution in [2.75, 3.05) is 16.8 Å². The molecule has 0 saturated heterocycles. The second kappa shape index (κ2) is 10.7. The molecule has 44 heavy (non-hydrogen) atoms. The number of hydrogen-bond donors (Lipinski definition) is 1. The van der Waals surface area contributed by atoms with Gasteiger partial charge < -0.3 is 15.0 Å². The third-order valence-electron chi connectivity index (χ3n) is 7.60. The molecule has 0 bridgehead atoms. The number of alkyl halides is 3. The lowest BCUT2D eigenvalue weighted by atomic mass is 9.93. The maximum absolute atomic E-state index is 13.6. The molecule has 0 saturated carbocycles. The van der Waals surface area contributed by atoms with E-state index in [1.165, 1.54) is 6.07 Å². The fourth-order valence-electron chi connectivity index (χ4n) is 5.69. The highest BCUT2D eigenvalue weighted by atomic mass is 19.4. The molecule has 3 heterocycles. The fourth-order valence-corrected chi connectivity index (χ4v) is 5.69. The Bertz CT molecular complexity index is 1910. The van der Waals surface area contributed by atoms with Crippen molar-refractivity contribution in [1.82, 2.24) is 9.78 Å². The number of rotatable bonds is 5. The standard InChI is InChI=1S/C34H27F3N6O/c1-3-44-26-18-16-22(17-19-26)30-29-21(2)41-43(25-12-5-4-6-13-25)32(29)40-33-31(39-27-14-7-8-15-28(27)42(30)33)38-24-11-9-10-23(20-24)34(35,36)37/h4-20,30H,3H2,1-2H3,(H,38,39)/t30-/m0/s1. The van der Waals surface area contributed by atoms with Crippen molar-refractivity contribution in [3.63, 3.8) is 0 Å². The summed E-state index contributed by atoms with van der Waals surface area (Å²) in [6.07, 6.45) is -4.49. The molecule has 7 rings (SSSR count). The summed E-state index contributed by atoms with van der Waals surface area (Å²) in [6.45, 7) is 4.45. The van der Waals surface area contributed by atoms with Gasteiger partial charge in [0.25, 0.3) is 0 Å². The number of aryl methyl sites for hydroxylation is 1. The van der Waals surface area contributed by atoms with E-state index in [0.29, 0.717) is 29.8 Å². The Hall–Kier alpha value is -5.38. The number of nitrogens with one attached hydrogen (secondary N) is 1. The first-order valence-corrected chi connectivity index (χ1v) is 14.2. The zero-order chi connectivity index (χ0) is 30.4. The number of para-hydroxylation sites is 3. The summed E-state index contributed by atoms with van der Waals surface area (Å²) in [5.41, 5.74) is 4.49. The number of halogens is 3. The van der Waals surface area contributed by atoms with Gasteiger partial charge in [0.2, 0.25) is 0 Å². The first-order chi connectivity index (χ1) is 21.3. The molecule has 220 valence electrons. The summed E-state index contributed by atoms with van der Waals surface area (Å²) < 4.78 is 48.3. The lowest BCUT2D eigenvalue weighted by Crippen LogP contribution is -2.46. The van der Waals surface area contributed by atoms with Gasteiger partial charge in [0.1, 0.15) is 5.75 Å². The molecule has 0 amide bonds. The van der Waals surface area contributed by atoms with Gasteiger partial charge in [-0.05, 0) is 74.0 Å². The average Bonchev–Trinajstić information content (AvgIpc) is 3.37. The highest BCUT2D eigenvalue weighted by molar-refractivity contribution is 6.51. The zero-order valence-corrected chi connectivity index (χ0v) is 23.9. The van der Waals surface area contributed by atoms with Crippen LogP contribution in [-0.4, -0.2) is 28.1 Å². The minimum atomic E-state index is -4.49. The molecular weight excluding hydrogens is 565 g/mol. The number of fused-ring (bicyclic) bond motifs is 4. The van der Waals surface area contributed by atoms with Gasteiger partial charge in [0, 0.05) is 11.3 Å². The normalized spacial score (nSPS) is 15.5. The van der Waals surface area contributed by atoms with Crippen molar-refractivity contribution in [1.29, 1.82) is 0 Å². The summed E-state index contributed by atoms with van der Waals surface area (Å²) in [7, 11) is 0. The largest absolute Gasteiger partial charge is 0.494 e. The van der Waals surface area contributed by atoms with Crippen molar-refractivity contribution in [2.45, 2.75) is 26.1 Å². The molecule has 0 fully saturated rings. The monoisotopic (exact) mass is 592 g/mol. The minimum Gasteiger partial charge on any atom is -0.494 e. The van der Waals surface area contributed by atoms with Crippen molar-refractivity contribution < 1.29 is 17.9 Å². The Labute approximate surface area is 252 Å². The van der Waals surface area contributed by atoms with Gasteiger partial charge in [-0.25, -0.2) is 14.7 Å². The van der Waals surface area contributed by atoms with Crippen LogP contribution in [0.3, 0.4) is 0 Å². The first-order valence-electron chi connectivity index (χ1n) is 14.2. The number of benzene rings is 4. The topological polar surface area (TPSA) is 67.0 Å². The molecule has 1 atom stereocenters. The number of ether oxygens (including phenoxy) is 1. The van der Waals surface area contributed by atoms with Gasteiger partial charge >= 0.3 is 6.18 Å². The van der Waals surface area contributed by atoms with E-state index in [9.17, 15) is 13.2 Å². The number of hydrogen-bond acceptors (Lipinski definition) is 6. The summed E-state index contributed by atoms with van der Waals surface area (Å²) in [4.78, 5) is 12.1. The highest BCUT2D eigenvalue weighted by Gasteiger charge is 2.41. The van der Waals surface area contributed by atoms with E-state index in [2.05, 4.69) is 10.2 Å². The molecule has 2 aliphatic heterocycles. The van der Waals surface area contributed by atoms with E-state index in [-0.39, 0.29) is 11.7 Å². The van der Waals surface area contributed by atoms with Crippen molar-refractivity contribution in [3.05, 3.63) is 126 Å². The molecule has 5 aromatic rings. The molecule has 10 heteroatoms. The molecule has 1 aromatic heterocycles. The van der Waals surface area contributed by atoms with Crippen LogP contribution in [-0.2, 0) is 6.18 Å². The predicted molar refractivity (Wildman–Crippen MR) is 166 cm³/mol. The molecule has 1 N–H and O–H groups in total. The van der Waals surface area contributed by atoms with Crippen LogP contribution in [0.1, 0.15) is 35.3 Å². The quantitative estimate of drug-likeness (QED) is 0.223. The molecule has 4 aromatic carbocycles. The first kappa shape index (κ1) is 27.5. The van der Waals surface area contributed by atoms with Crippen LogP contribution in [0.25, 0.3) is 5.69 Å². The van der Waals surface area contributed by atoms with Crippen LogP contribution in [0, 0.1) is 6.92 Å². The van der Waals surface area contributed by atoms with Crippen LogP contribution in [0.5, 0.6) is 5.75 Å². The maximum atomic E-state index is 13.6. The average molecular weight is 593 g/mol. The molecule has 2 aliphatic rings. The Kier molecular flexibility index (Phi) is 6.68. The van der Waals surface area contributed by atoms with Crippen LogP contribution in [0.15, 0.2) is 113 Å².